The van der Waals surface area contributed by atoms with Crippen molar-refractivity contribution < 1.29 is 0 Å². The van der Waals surface area contributed by atoms with Crippen LogP contribution in [0.2, 0.25) is 5.02 Å². The van der Waals surface area contributed by atoms with Crippen LogP contribution in [0, 0.1) is 11.3 Å². The Balaban J connectivity index is 2.74. The number of halogens is 1. The molecule has 0 radical (unpaired) electrons. The van der Waals surface area contributed by atoms with E-state index in [4.69, 9.17) is 16.9 Å². The van der Waals surface area contributed by atoms with Gasteiger partial charge in [0.2, 0.25) is 0 Å². The van der Waals surface area contributed by atoms with E-state index in [9.17, 15) is 0 Å². The molecule has 2 nitrogen and oxygen atoms in total. The summed E-state index contributed by atoms with van der Waals surface area (Å²) in [6, 6.07) is 7.52. The Morgan fingerprint density at radius 1 is 1.47 bits per heavy atom. The van der Waals surface area contributed by atoms with Gasteiger partial charge in [-0.05, 0) is 37.7 Å². The first-order chi connectivity index (χ1) is 7.17. The van der Waals surface area contributed by atoms with Gasteiger partial charge in [-0.3, -0.25) is 0 Å². The van der Waals surface area contributed by atoms with Crippen LogP contribution in [0.5, 0.6) is 0 Å². The fourth-order valence-electron chi connectivity index (χ4n) is 1.50. The van der Waals surface area contributed by atoms with Gasteiger partial charge in [0.05, 0.1) is 11.6 Å². The Morgan fingerprint density at radius 2 is 2.20 bits per heavy atom. The smallest absolute Gasteiger partial charge is 0.0992 e. The zero-order chi connectivity index (χ0) is 11.3. The van der Waals surface area contributed by atoms with Gasteiger partial charge in [0.25, 0.3) is 0 Å². The highest BCUT2D eigenvalue weighted by Crippen LogP contribution is 2.18. The van der Waals surface area contributed by atoms with E-state index in [1.807, 2.05) is 6.07 Å². The van der Waals surface area contributed by atoms with Gasteiger partial charge in [-0.1, -0.05) is 24.6 Å². The first-order valence-corrected chi connectivity index (χ1v) is 5.42. The van der Waals surface area contributed by atoms with E-state index < -0.39 is 0 Å². The predicted molar refractivity (Wildman–Crippen MR) is 62.8 cm³/mol. The lowest BCUT2D eigenvalue weighted by Gasteiger charge is -2.16. The number of benzene rings is 1. The third-order valence-corrected chi connectivity index (χ3v) is 2.58. The lowest BCUT2D eigenvalue weighted by molar-refractivity contribution is 0.327. The van der Waals surface area contributed by atoms with Crippen LogP contribution in [0.1, 0.15) is 24.5 Å². The minimum atomic E-state index is 0.613. The molecule has 1 aromatic rings. The summed E-state index contributed by atoms with van der Waals surface area (Å²) in [6.45, 7) is 4.03. The highest BCUT2D eigenvalue weighted by Gasteiger charge is 2.04. The first kappa shape index (κ1) is 12.0. The van der Waals surface area contributed by atoms with Crippen molar-refractivity contribution in [2.75, 3.05) is 13.6 Å². The molecule has 0 heterocycles. The second-order valence-electron chi connectivity index (χ2n) is 3.66. The second-order valence-corrected chi connectivity index (χ2v) is 4.06. The molecule has 0 atom stereocenters. The summed E-state index contributed by atoms with van der Waals surface area (Å²) in [5.41, 5.74) is 1.69. The molecule has 0 aliphatic carbocycles. The molecule has 15 heavy (non-hydrogen) atoms. The Bertz CT molecular complexity index is 368. The van der Waals surface area contributed by atoms with E-state index in [1.165, 1.54) is 0 Å². The van der Waals surface area contributed by atoms with E-state index >= 15 is 0 Å². The first-order valence-electron chi connectivity index (χ1n) is 5.04. The van der Waals surface area contributed by atoms with Crippen LogP contribution in [0.4, 0.5) is 0 Å². The fraction of sp³-hybridized carbons (Fsp3) is 0.417. The quantitative estimate of drug-likeness (QED) is 0.783. The Labute approximate surface area is 96.1 Å². The maximum atomic E-state index is 8.70. The lowest BCUT2D eigenvalue weighted by atomic mass is 10.1. The minimum absolute atomic E-state index is 0.613. The zero-order valence-electron chi connectivity index (χ0n) is 9.13. The second kappa shape index (κ2) is 5.75. The van der Waals surface area contributed by atoms with Crippen molar-refractivity contribution >= 4 is 11.6 Å². The molecule has 0 N–H and O–H groups in total. The van der Waals surface area contributed by atoms with Crippen LogP contribution in [0.25, 0.3) is 0 Å². The van der Waals surface area contributed by atoms with Crippen molar-refractivity contribution in [3.63, 3.8) is 0 Å². The molecule has 0 spiro atoms. The zero-order valence-corrected chi connectivity index (χ0v) is 9.88. The van der Waals surface area contributed by atoms with Gasteiger partial charge in [-0.15, -0.1) is 0 Å². The summed E-state index contributed by atoms with van der Waals surface area (Å²) in [5.74, 6) is 0. The molecule has 80 valence electrons. The monoisotopic (exact) mass is 222 g/mol. The SMILES string of the molecule is CCCN(C)Cc1ccc(C#N)cc1Cl. The van der Waals surface area contributed by atoms with E-state index in [0.717, 1.165) is 25.1 Å². The Morgan fingerprint density at radius 3 is 2.73 bits per heavy atom. The Kier molecular flexibility index (Phi) is 4.61. The summed E-state index contributed by atoms with van der Waals surface area (Å²) in [5, 5.41) is 9.38. The summed E-state index contributed by atoms with van der Waals surface area (Å²) in [4.78, 5) is 2.22. The van der Waals surface area contributed by atoms with Crippen molar-refractivity contribution in [2.24, 2.45) is 0 Å². The van der Waals surface area contributed by atoms with Gasteiger partial charge in [-0.25, -0.2) is 0 Å². The molecule has 0 saturated heterocycles. The van der Waals surface area contributed by atoms with Crippen molar-refractivity contribution in [1.29, 1.82) is 5.26 Å². The standard InChI is InChI=1S/C12H15ClN2/c1-3-6-15(2)9-11-5-4-10(8-14)7-12(11)13/h4-5,7H,3,6,9H2,1-2H3. The highest BCUT2D eigenvalue weighted by atomic mass is 35.5. The maximum Gasteiger partial charge on any atom is 0.0992 e. The van der Waals surface area contributed by atoms with Crippen LogP contribution in [0.3, 0.4) is 0 Å². The summed E-state index contributed by atoms with van der Waals surface area (Å²) in [7, 11) is 2.07. The van der Waals surface area contributed by atoms with Gasteiger partial charge in [-0.2, -0.15) is 5.26 Å². The van der Waals surface area contributed by atoms with Crippen molar-refractivity contribution in [3.8, 4) is 6.07 Å². The molecule has 0 bridgehead atoms. The van der Waals surface area contributed by atoms with Crippen molar-refractivity contribution in [1.82, 2.24) is 4.90 Å². The summed E-state index contributed by atoms with van der Waals surface area (Å²) in [6.07, 6.45) is 1.13. The van der Waals surface area contributed by atoms with Gasteiger partial charge in [0, 0.05) is 11.6 Å². The van der Waals surface area contributed by atoms with Crippen molar-refractivity contribution in [2.45, 2.75) is 19.9 Å². The van der Waals surface area contributed by atoms with Crippen LogP contribution < -0.4 is 0 Å². The molecule has 0 aliphatic heterocycles. The molecule has 1 aromatic carbocycles. The number of rotatable bonds is 4. The van der Waals surface area contributed by atoms with Crippen LogP contribution in [-0.4, -0.2) is 18.5 Å². The van der Waals surface area contributed by atoms with Crippen LogP contribution in [0.15, 0.2) is 18.2 Å². The van der Waals surface area contributed by atoms with Gasteiger partial charge in [0.1, 0.15) is 0 Å². The lowest BCUT2D eigenvalue weighted by Crippen LogP contribution is -2.18. The third-order valence-electron chi connectivity index (χ3n) is 2.23. The molecule has 0 saturated carbocycles. The van der Waals surface area contributed by atoms with E-state index in [2.05, 4.69) is 24.9 Å². The predicted octanol–water partition coefficient (Wildman–Crippen LogP) is 3.05. The van der Waals surface area contributed by atoms with Crippen molar-refractivity contribution in [3.05, 3.63) is 34.3 Å². The van der Waals surface area contributed by atoms with Crippen LogP contribution >= 0.6 is 11.6 Å². The molecule has 0 unspecified atom stereocenters. The number of nitriles is 1. The number of hydrogen-bond donors (Lipinski definition) is 0. The normalized spacial score (nSPS) is 10.3. The Hall–Kier alpha value is -1.04. The molecule has 0 amide bonds. The maximum absolute atomic E-state index is 8.70. The molecular formula is C12H15ClN2. The van der Waals surface area contributed by atoms with Gasteiger partial charge in [0.15, 0.2) is 0 Å². The summed E-state index contributed by atoms with van der Waals surface area (Å²) >= 11 is 6.07. The molecule has 0 fully saturated rings. The number of nitrogens with zero attached hydrogens (tertiary/aromatic N) is 2. The average Bonchev–Trinajstić information content (AvgIpc) is 2.21. The molecule has 0 aliphatic rings. The average molecular weight is 223 g/mol. The molecule has 1 rings (SSSR count). The van der Waals surface area contributed by atoms with E-state index in [0.29, 0.717) is 10.6 Å². The van der Waals surface area contributed by atoms with Gasteiger partial charge < -0.3 is 4.90 Å². The van der Waals surface area contributed by atoms with Crippen LogP contribution in [-0.2, 0) is 6.54 Å². The minimum Gasteiger partial charge on any atom is -0.302 e. The highest BCUT2D eigenvalue weighted by molar-refractivity contribution is 6.31. The number of hydrogen-bond acceptors (Lipinski definition) is 2. The molecule has 3 heteroatoms. The van der Waals surface area contributed by atoms with E-state index in [1.54, 1.807) is 12.1 Å². The molecule has 0 aromatic heterocycles. The fourth-order valence-corrected chi connectivity index (χ4v) is 1.74. The third kappa shape index (κ3) is 3.54. The van der Waals surface area contributed by atoms with E-state index in [-0.39, 0.29) is 0 Å². The topological polar surface area (TPSA) is 27.0 Å². The molecular weight excluding hydrogens is 208 g/mol. The largest absolute Gasteiger partial charge is 0.302 e. The summed E-state index contributed by atoms with van der Waals surface area (Å²) < 4.78 is 0. The van der Waals surface area contributed by atoms with Gasteiger partial charge >= 0.3 is 0 Å².